The third-order valence-electron chi connectivity index (χ3n) is 5.14. The van der Waals surface area contributed by atoms with Crippen LogP contribution in [0.3, 0.4) is 0 Å². The van der Waals surface area contributed by atoms with Crippen molar-refractivity contribution in [2.75, 3.05) is 20.7 Å². The van der Waals surface area contributed by atoms with Crippen LogP contribution in [0.1, 0.15) is 37.5 Å². The summed E-state index contributed by atoms with van der Waals surface area (Å²) in [7, 11) is 3.43. The number of hydrogen-bond acceptors (Lipinski definition) is 4. The van der Waals surface area contributed by atoms with Gasteiger partial charge in [-0.05, 0) is 24.1 Å². The van der Waals surface area contributed by atoms with E-state index < -0.39 is 0 Å². The molecule has 2 heterocycles. The minimum Gasteiger partial charge on any atom is -0.377 e. The lowest BCUT2D eigenvalue weighted by Crippen LogP contribution is -2.49. The van der Waals surface area contributed by atoms with Crippen molar-refractivity contribution in [1.82, 2.24) is 25.4 Å². The summed E-state index contributed by atoms with van der Waals surface area (Å²) in [6, 6.07) is 6.01. The number of nitrogens with one attached hydrogen (secondary N) is 2. The van der Waals surface area contributed by atoms with Crippen LogP contribution in [0.5, 0.6) is 0 Å². The van der Waals surface area contributed by atoms with Crippen LogP contribution in [0.25, 0.3) is 0 Å². The Bertz CT molecular complexity index is 886. The average molecular weight is 567 g/mol. The number of guanidine groups is 1. The van der Waals surface area contributed by atoms with E-state index >= 15 is 0 Å². The first kappa shape index (κ1) is 25.2. The maximum atomic E-state index is 6.19. The van der Waals surface area contributed by atoms with Crippen LogP contribution in [-0.4, -0.2) is 47.5 Å². The highest BCUT2D eigenvalue weighted by molar-refractivity contribution is 14.0. The molecule has 1 aliphatic heterocycles. The first-order valence-corrected chi connectivity index (χ1v) is 10.4. The minimum absolute atomic E-state index is 0. The first-order valence-electron chi connectivity index (χ1n) is 9.66. The molecule has 30 heavy (non-hydrogen) atoms. The summed E-state index contributed by atoms with van der Waals surface area (Å²) < 4.78 is 7.09. The molecule has 0 fully saturated rings. The van der Waals surface area contributed by atoms with Crippen LogP contribution in [0.15, 0.2) is 23.2 Å². The van der Waals surface area contributed by atoms with Gasteiger partial charge in [-0.15, -0.1) is 24.0 Å². The molecule has 0 aliphatic carbocycles. The lowest BCUT2D eigenvalue weighted by Gasteiger charge is -2.29. The van der Waals surface area contributed by atoms with Crippen LogP contribution in [0, 0.1) is 0 Å². The Balaban J connectivity index is 0.00000320. The lowest BCUT2D eigenvalue weighted by atomic mass is 9.84. The molecule has 1 aromatic heterocycles. The zero-order valence-corrected chi connectivity index (χ0v) is 21.5. The van der Waals surface area contributed by atoms with Gasteiger partial charge in [-0.2, -0.15) is 5.10 Å². The minimum atomic E-state index is -0.146. The number of aromatic nitrogens is 3. The zero-order valence-electron chi connectivity index (χ0n) is 17.7. The molecule has 0 spiro atoms. The van der Waals surface area contributed by atoms with Crippen molar-refractivity contribution >= 4 is 53.1 Å². The molecule has 3 rings (SSSR count). The Morgan fingerprint density at radius 1 is 1.33 bits per heavy atom. The number of aryl methyl sites for hydroxylation is 1. The van der Waals surface area contributed by atoms with Gasteiger partial charge in [-0.1, -0.05) is 43.1 Å². The molecule has 0 radical (unpaired) electrons. The smallest absolute Gasteiger partial charge is 0.191 e. The fourth-order valence-corrected chi connectivity index (χ4v) is 3.68. The Morgan fingerprint density at radius 2 is 2.10 bits per heavy atom. The Kier molecular flexibility index (Phi) is 9.20. The normalized spacial score (nSPS) is 16.6. The number of halogens is 3. The quantitative estimate of drug-likeness (QED) is 0.316. The van der Waals surface area contributed by atoms with Gasteiger partial charge in [-0.25, -0.2) is 9.67 Å². The maximum Gasteiger partial charge on any atom is 0.191 e. The molecule has 1 unspecified atom stereocenters. The van der Waals surface area contributed by atoms with Crippen LogP contribution < -0.4 is 10.6 Å². The number of methoxy groups -OCH3 is 1. The van der Waals surface area contributed by atoms with Crippen molar-refractivity contribution in [3.8, 4) is 0 Å². The third-order valence-corrected chi connectivity index (χ3v) is 5.88. The molecule has 0 bridgehead atoms. The predicted octanol–water partition coefficient (Wildman–Crippen LogP) is 3.81. The number of hydrogen-bond donors (Lipinski definition) is 2. The monoisotopic (exact) mass is 566 g/mol. The number of aliphatic imine (C=N–C) groups is 1. The molecule has 1 atom stereocenters. The molecule has 2 aromatic rings. The third kappa shape index (κ3) is 6.21. The van der Waals surface area contributed by atoms with E-state index in [0.717, 1.165) is 42.6 Å². The number of fused-ring (bicyclic) bond motifs is 1. The topological polar surface area (TPSA) is 76.4 Å². The van der Waals surface area contributed by atoms with Gasteiger partial charge in [0, 0.05) is 38.6 Å². The second-order valence-electron chi connectivity index (χ2n) is 7.88. The van der Waals surface area contributed by atoms with Gasteiger partial charge in [0.15, 0.2) is 11.8 Å². The van der Waals surface area contributed by atoms with Gasteiger partial charge in [-0.3, -0.25) is 4.99 Å². The van der Waals surface area contributed by atoms with Gasteiger partial charge in [0.25, 0.3) is 0 Å². The highest BCUT2D eigenvalue weighted by atomic mass is 127. The second-order valence-corrected chi connectivity index (χ2v) is 8.69. The summed E-state index contributed by atoms with van der Waals surface area (Å²) in [5, 5.41) is 12.6. The van der Waals surface area contributed by atoms with E-state index in [1.54, 1.807) is 14.2 Å². The Hall–Kier alpha value is -1.10. The van der Waals surface area contributed by atoms with Crippen LogP contribution in [0.2, 0.25) is 10.0 Å². The van der Waals surface area contributed by atoms with Crippen molar-refractivity contribution in [2.45, 2.75) is 51.3 Å². The molecule has 1 aliphatic rings. The SMILES string of the molecule is CN=C(NCC(C)(C)c1ccc(Cl)c(Cl)c1)NC1CCc2nc(COC)nn2C1.I. The Labute approximate surface area is 205 Å². The van der Waals surface area contributed by atoms with Crippen LogP contribution >= 0.6 is 47.2 Å². The van der Waals surface area contributed by atoms with Gasteiger partial charge in [0.1, 0.15) is 12.4 Å². The number of rotatable bonds is 6. The average Bonchev–Trinajstić information content (AvgIpc) is 3.09. The standard InChI is InChI=1S/C20H28Cl2N6O.HI/c1-20(2,13-5-7-15(21)16(22)9-13)12-24-19(23-3)25-14-6-8-18-26-17(11-29-4)27-28(18)10-14;/h5,7,9,14H,6,8,10-12H2,1-4H3,(H2,23,24,25);1H. The fourth-order valence-electron chi connectivity index (χ4n) is 3.38. The van der Waals surface area contributed by atoms with E-state index in [1.807, 2.05) is 22.9 Å². The number of benzene rings is 1. The summed E-state index contributed by atoms with van der Waals surface area (Å²) in [6.45, 7) is 6.21. The zero-order chi connectivity index (χ0) is 21.0. The van der Waals surface area contributed by atoms with Gasteiger partial charge in [0.05, 0.1) is 16.6 Å². The van der Waals surface area contributed by atoms with Crippen molar-refractivity contribution in [2.24, 2.45) is 4.99 Å². The van der Waals surface area contributed by atoms with E-state index in [1.165, 1.54) is 0 Å². The van der Waals surface area contributed by atoms with E-state index in [-0.39, 0.29) is 35.4 Å². The molecule has 0 saturated carbocycles. The highest BCUT2D eigenvalue weighted by Gasteiger charge is 2.25. The molecular formula is C20H29Cl2IN6O. The van der Waals surface area contributed by atoms with Crippen molar-refractivity contribution < 1.29 is 4.74 Å². The summed E-state index contributed by atoms with van der Waals surface area (Å²) in [5.41, 5.74) is 0.970. The number of ether oxygens (including phenoxy) is 1. The van der Waals surface area contributed by atoms with Gasteiger partial charge < -0.3 is 15.4 Å². The van der Waals surface area contributed by atoms with Crippen LogP contribution in [-0.2, 0) is 29.7 Å². The summed E-state index contributed by atoms with van der Waals surface area (Å²) in [4.78, 5) is 8.91. The number of nitrogens with zero attached hydrogens (tertiary/aromatic N) is 4. The summed E-state index contributed by atoms with van der Waals surface area (Å²) >= 11 is 12.2. The molecule has 7 nitrogen and oxygen atoms in total. The van der Waals surface area contributed by atoms with Crippen LogP contribution in [0.4, 0.5) is 0 Å². The molecule has 1 aromatic carbocycles. The molecule has 2 N–H and O–H groups in total. The fraction of sp³-hybridized carbons (Fsp3) is 0.550. The van der Waals surface area contributed by atoms with E-state index in [9.17, 15) is 0 Å². The molecule has 166 valence electrons. The molecule has 0 saturated heterocycles. The summed E-state index contributed by atoms with van der Waals surface area (Å²) in [6.07, 6.45) is 1.85. The van der Waals surface area contributed by atoms with E-state index in [2.05, 4.69) is 39.6 Å². The van der Waals surface area contributed by atoms with Crippen molar-refractivity contribution in [1.29, 1.82) is 0 Å². The van der Waals surface area contributed by atoms with Gasteiger partial charge in [0.2, 0.25) is 0 Å². The van der Waals surface area contributed by atoms with E-state index in [4.69, 9.17) is 27.9 Å². The first-order chi connectivity index (χ1) is 13.8. The Morgan fingerprint density at radius 3 is 2.77 bits per heavy atom. The lowest BCUT2D eigenvalue weighted by molar-refractivity contribution is 0.177. The molecular weight excluding hydrogens is 538 g/mol. The van der Waals surface area contributed by atoms with E-state index in [0.29, 0.717) is 23.2 Å². The summed E-state index contributed by atoms with van der Waals surface area (Å²) in [5.74, 6) is 2.51. The second kappa shape index (κ2) is 11.0. The van der Waals surface area contributed by atoms with Crippen molar-refractivity contribution in [3.05, 3.63) is 45.5 Å². The van der Waals surface area contributed by atoms with Gasteiger partial charge >= 0.3 is 0 Å². The molecule has 0 amide bonds. The maximum absolute atomic E-state index is 6.19. The predicted molar refractivity (Wildman–Crippen MR) is 132 cm³/mol. The largest absolute Gasteiger partial charge is 0.377 e. The molecule has 10 heteroatoms. The highest BCUT2D eigenvalue weighted by Crippen LogP contribution is 2.29. The van der Waals surface area contributed by atoms with Crippen molar-refractivity contribution in [3.63, 3.8) is 0 Å².